The molecule has 4 heterocycles. The average molecular weight is 531 g/mol. The van der Waals surface area contributed by atoms with E-state index in [1.807, 2.05) is 30.7 Å². The molecule has 0 amide bonds. The van der Waals surface area contributed by atoms with Crippen LogP contribution < -0.4 is 11.0 Å². The van der Waals surface area contributed by atoms with Crippen LogP contribution in [0.4, 0.5) is 13.2 Å². The zero-order valence-corrected chi connectivity index (χ0v) is 21.3. The summed E-state index contributed by atoms with van der Waals surface area (Å²) in [5.41, 5.74) is -0.286. The van der Waals surface area contributed by atoms with E-state index >= 15 is 0 Å². The van der Waals surface area contributed by atoms with E-state index in [2.05, 4.69) is 15.5 Å². The second-order valence-corrected chi connectivity index (χ2v) is 9.83. The first-order valence-electron chi connectivity index (χ1n) is 12.2. The standard InChI is InChI=1S/C26H29F3N6O3/c1-17(37-3)10-30-11-18-7-21(26(27,28)29)22-13-34(24(36)35(22)12-18)20-6-4-5-19(8-20)25(14-38-15-25)9-23-32-31-16-33(23)2/h4-8,12-13,16-17,30H,9-11,14-15H2,1-3H3/q+1/t17-/m1/s1. The normalized spacial score (nSPS) is 17.8. The minimum absolute atomic E-state index is 0.102. The van der Waals surface area contributed by atoms with Crippen LogP contribution in [-0.2, 0) is 27.6 Å². The number of ether oxygens (including phenoxy) is 2. The number of hydrogen-bond donors (Lipinski definition) is 1. The minimum Gasteiger partial charge on any atom is -0.380 e. The van der Waals surface area contributed by atoms with Crippen molar-refractivity contribution in [1.29, 1.82) is 0 Å². The Bertz CT molecular complexity index is 1470. The van der Waals surface area contributed by atoms with Crippen LogP contribution in [0.3, 0.4) is 0 Å². The third-order valence-electron chi connectivity index (χ3n) is 7.09. The number of alkyl halides is 3. The van der Waals surface area contributed by atoms with Crippen LogP contribution in [0.15, 0.2) is 57.7 Å². The Labute approximate surface area is 217 Å². The van der Waals surface area contributed by atoms with Gasteiger partial charge < -0.3 is 14.8 Å². The number of methoxy groups -OCH3 is 1. The van der Waals surface area contributed by atoms with E-state index in [-0.39, 0.29) is 23.6 Å². The first-order valence-corrected chi connectivity index (χ1v) is 12.2. The minimum atomic E-state index is -4.63. The van der Waals surface area contributed by atoms with Crippen LogP contribution >= 0.6 is 0 Å². The lowest BCUT2D eigenvalue weighted by atomic mass is 9.75. The van der Waals surface area contributed by atoms with Crippen molar-refractivity contribution in [1.82, 2.24) is 14.3 Å². The highest BCUT2D eigenvalue weighted by Crippen LogP contribution is 2.38. The number of nitrogens with one attached hydrogen (secondary N) is 1. The summed E-state index contributed by atoms with van der Waals surface area (Å²) in [6.07, 6.45) is -1.45. The second kappa shape index (κ2) is 10.1. The third kappa shape index (κ3) is 4.91. The van der Waals surface area contributed by atoms with Crippen LogP contribution in [0.25, 0.3) is 11.2 Å². The van der Waals surface area contributed by atoms with Crippen LogP contribution in [-0.4, -0.2) is 59.4 Å². The van der Waals surface area contributed by atoms with E-state index in [4.69, 9.17) is 9.47 Å². The molecule has 0 saturated carbocycles. The smallest absolute Gasteiger partial charge is 0.380 e. The molecule has 1 fully saturated rings. The summed E-state index contributed by atoms with van der Waals surface area (Å²) in [7, 11) is 3.43. The van der Waals surface area contributed by atoms with Gasteiger partial charge in [-0.25, -0.2) is 9.37 Å². The van der Waals surface area contributed by atoms with Crippen molar-refractivity contribution in [2.75, 3.05) is 33.9 Å². The highest BCUT2D eigenvalue weighted by molar-refractivity contribution is 5.80. The summed E-state index contributed by atoms with van der Waals surface area (Å²) in [6, 6.07) is 8.37. The number of imidazole rings is 1. The maximum atomic E-state index is 14.0. The fraction of sp³-hybridized carbons (Fsp3) is 0.423. The van der Waals surface area contributed by atoms with E-state index in [1.165, 1.54) is 17.0 Å². The van der Waals surface area contributed by atoms with Crippen molar-refractivity contribution in [3.8, 4) is 5.69 Å². The predicted molar refractivity (Wildman–Crippen MR) is 134 cm³/mol. The van der Waals surface area contributed by atoms with Crippen molar-refractivity contribution >= 4 is 11.4 Å². The zero-order valence-electron chi connectivity index (χ0n) is 21.3. The van der Waals surface area contributed by atoms with Gasteiger partial charge in [0.15, 0.2) is 0 Å². The monoisotopic (exact) mass is 530 g/mol. The quantitative estimate of drug-likeness (QED) is 0.429. The number of azo groups is 1. The second-order valence-electron chi connectivity index (χ2n) is 9.83. The average Bonchev–Trinajstić information content (AvgIpc) is 3.42. The highest BCUT2D eigenvalue weighted by atomic mass is 19.4. The highest BCUT2D eigenvalue weighted by Gasteiger charge is 2.45. The number of aromatic nitrogens is 2. The van der Waals surface area contributed by atoms with Gasteiger partial charge in [-0.3, -0.25) is 8.97 Å². The SMILES string of the molecule is CO[C@H](C)CNCc1cc(C(F)(F)F)c2cn(-c3cccc(C4(CC5=[N+](C)[CH]N=N5)COC4)c3)c(=O)n2c1. The van der Waals surface area contributed by atoms with Gasteiger partial charge >= 0.3 is 17.7 Å². The molecule has 2 aliphatic heterocycles. The molecule has 1 N–H and O–H groups in total. The molecule has 201 valence electrons. The first kappa shape index (κ1) is 26.3. The van der Waals surface area contributed by atoms with Gasteiger partial charge in [0.1, 0.15) is 0 Å². The van der Waals surface area contributed by atoms with E-state index in [0.717, 1.165) is 21.9 Å². The molecule has 1 saturated heterocycles. The van der Waals surface area contributed by atoms with E-state index in [0.29, 0.717) is 37.4 Å². The largest absolute Gasteiger partial charge is 0.418 e. The van der Waals surface area contributed by atoms with E-state index < -0.39 is 17.4 Å². The van der Waals surface area contributed by atoms with Gasteiger partial charge in [-0.1, -0.05) is 12.1 Å². The van der Waals surface area contributed by atoms with Gasteiger partial charge in [0.05, 0.1) is 60.1 Å². The molecule has 0 spiro atoms. The summed E-state index contributed by atoms with van der Waals surface area (Å²) < 4.78 is 57.0. The molecule has 5 rings (SSSR count). The fourth-order valence-electron chi connectivity index (χ4n) is 4.73. The number of nitrogens with zero attached hydrogens (tertiary/aromatic N) is 5. The zero-order chi connectivity index (χ0) is 27.1. The Morgan fingerprint density at radius 2 is 2.05 bits per heavy atom. The summed E-state index contributed by atoms with van der Waals surface area (Å²) in [4.78, 5) is 13.4. The number of amidine groups is 1. The molecule has 3 aromatic rings. The molecule has 38 heavy (non-hydrogen) atoms. The molecule has 12 heteroatoms. The van der Waals surface area contributed by atoms with Gasteiger partial charge in [0.25, 0.3) is 6.67 Å². The molecule has 2 aliphatic rings. The van der Waals surface area contributed by atoms with Gasteiger partial charge in [0.2, 0.25) is 0 Å². The molecule has 0 aliphatic carbocycles. The summed E-state index contributed by atoms with van der Waals surface area (Å²) >= 11 is 0. The number of pyridine rings is 1. The maximum Gasteiger partial charge on any atom is 0.418 e. The third-order valence-corrected chi connectivity index (χ3v) is 7.09. The maximum absolute atomic E-state index is 14.0. The van der Waals surface area contributed by atoms with Gasteiger partial charge in [-0.05, 0) is 41.4 Å². The fourth-order valence-corrected chi connectivity index (χ4v) is 4.73. The Morgan fingerprint density at radius 3 is 2.68 bits per heavy atom. The number of halogens is 3. The Kier molecular flexibility index (Phi) is 6.97. The molecule has 0 unspecified atom stereocenters. The number of benzene rings is 1. The molecule has 9 nitrogen and oxygen atoms in total. The summed E-state index contributed by atoms with van der Waals surface area (Å²) in [5.74, 6) is 0.793. The van der Waals surface area contributed by atoms with Crippen molar-refractivity contribution in [2.45, 2.75) is 37.6 Å². The van der Waals surface area contributed by atoms with Gasteiger partial charge in [-0.15, -0.1) is 0 Å². The van der Waals surface area contributed by atoms with Crippen molar-refractivity contribution < 1.29 is 27.2 Å². The van der Waals surface area contributed by atoms with Crippen molar-refractivity contribution in [3.05, 3.63) is 76.6 Å². The summed E-state index contributed by atoms with van der Waals surface area (Å²) in [5, 5.41) is 11.2. The lowest BCUT2D eigenvalue weighted by Crippen LogP contribution is -2.48. The van der Waals surface area contributed by atoms with Gasteiger partial charge in [-0.2, -0.15) is 13.2 Å². The van der Waals surface area contributed by atoms with Crippen LogP contribution in [0.2, 0.25) is 0 Å². The van der Waals surface area contributed by atoms with E-state index in [9.17, 15) is 18.0 Å². The number of fused-ring (bicyclic) bond motifs is 1. The molecule has 1 atom stereocenters. The molecule has 2 aromatic heterocycles. The number of hydrogen-bond acceptors (Lipinski definition) is 6. The number of rotatable bonds is 9. The molecular weight excluding hydrogens is 501 g/mol. The molecule has 0 bridgehead atoms. The van der Waals surface area contributed by atoms with Crippen molar-refractivity contribution in [3.63, 3.8) is 0 Å². The van der Waals surface area contributed by atoms with Crippen LogP contribution in [0.5, 0.6) is 0 Å². The Morgan fingerprint density at radius 1 is 1.26 bits per heavy atom. The molecular formula is C26H29F3N6O3+. The summed E-state index contributed by atoms with van der Waals surface area (Å²) in [6.45, 7) is 5.02. The Balaban J connectivity index is 1.53. The van der Waals surface area contributed by atoms with Crippen LogP contribution in [0, 0.1) is 6.67 Å². The molecule has 1 radical (unpaired) electrons. The molecule has 1 aromatic carbocycles. The van der Waals surface area contributed by atoms with Crippen molar-refractivity contribution in [2.24, 2.45) is 10.2 Å². The lowest BCUT2D eigenvalue weighted by molar-refractivity contribution is -0.451. The van der Waals surface area contributed by atoms with E-state index in [1.54, 1.807) is 25.9 Å². The van der Waals surface area contributed by atoms with Crippen LogP contribution in [0.1, 0.15) is 30.0 Å². The van der Waals surface area contributed by atoms with Gasteiger partial charge in [0, 0.05) is 32.6 Å². The first-order chi connectivity index (χ1) is 18.1. The topological polar surface area (TPSA) is 84.6 Å². The lowest BCUT2D eigenvalue weighted by Gasteiger charge is -2.40. The Hall–Kier alpha value is -3.35. The predicted octanol–water partition coefficient (Wildman–Crippen LogP) is 3.52.